The summed E-state index contributed by atoms with van der Waals surface area (Å²) in [4.78, 5) is 29.6. The van der Waals surface area contributed by atoms with Crippen molar-refractivity contribution < 1.29 is 18.0 Å². The number of sulfonamides is 1. The van der Waals surface area contributed by atoms with E-state index in [9.17, 15) is 18.0 Å². The van der Waals surface area contributed by atoms with E-state index in [4.69, 9.17) is 11.6 Å². The SMILES string of the molecule is CCc1ccccc1N(CC(=O)N(Cc1ccc(Cl)cc1)[C@@H](CC)C(=O)NC1CCCCC1)S(=O)(=O)c1ccc(C)cc1. The van der Waals surface area contributed by atoms with Gasteiger partial charge in [-0.1, -0.05) is 92.7 Å². The van der Waals surface area contributed by atoms with Crippen LogP contribution in [0.1, 0.15) is 69.1 Å². The summed E-state index contributed by atoms with van der Waals surface area (Å²) < 4.78 is 29.5. The van der Waals surface area contributed by atoms with Crippen LogP contribution in [0.4, 0.5) is 5.69 Å². The van der Waals surface area contributed by atoms with Gasteiger partial charge >= 0.3 is 0 Å². The van der Waals surface area contributed by atoms with Gasteiger partial charge in [0, 0.05) is 17.6 Å². The maximum absolute atomic E-state index is 14.3. The van der Waals surface area contributed by atoms with E-state index in [-0.39, 0.29) is 23.4 Å². The van der Waals surface area contributed by atoms with Gasteiger partial charge < -0.3 is 10.2 Å². The van der Waals surface area contributed by atoms with Gasteiger partial charge in [-0.05, 0) is 74.1 Å². The summed E-state index contributed by atoms with van der Waals surface area (Å²) in [6, 6.07) is 20.3. The summed E-state index contributed by atoms with van der Waals surface area (Å²) in [6.45, 7) is 5.41. The van der Waals surface area contributed by atoms with Gasteiger partial charge in [-0.15, -0.1) is 0 Å². The molecule has 0 heterocycles. The first kappa shape index (κ1) is 32.6. The van der Waals surface area contributed by atoms with Crippen molar-refractivity contribution in [3.8, 4) is 0 Å². The lowest BCUT2D eigenvalue weighted by Gasteiger charge is -2.35. The highest BCUT2D eigenvalue weighted by atomic mass is 35.5. The molecule has 0 spiro atoms. The number of hydrogen-bond acceptors (Lipinski definition) is 4. The second-order valence-corrected chi connectivity index (χ2v) is 13.5. The van der Waals surface area contributed by atoms with E-state index in [0.717, 1.165) is 48.8 Å². The molecule has 2 amide bonds. The van der Waals surface area contributed by atoms with Gasteiger partial charge in [0.05, 0.1) is 10.6 Å². The van der Waals surface area contributed by atoms with E-state index in [1.807, 2.05) is 45.0 Å². The van der Waals surface area contributed by atoms with Gasteiger partial charge in [-0.2, -0.15) is 0 Å². The Labute approximate surface area is 261 Å². The smallest absolute Gasteiger partial charge is 0.264 e. The molecule has 1 fully saturated rings. The quantitative estimate of drug-likeness (QED) is 0.244. The maximum Gasteiger partial charge on any atom is 0.264 e. The normalized spacial score (nSPS) is 14.6. The van der Waals surface area contributed by atoms with E-state index < -0.39 is 28.5 Å². The first-order valence-electron chi connectivity index (χ1n) is 15.2. The van der Waals surface area contributed by atoms with Gasteiger partial charge in [0.1, 0.15) is 12.6 Å². The molecule has 1 aliphatic carbocycles. The Morgan fingerprint density at radius 2 is 1.58 bits per heavy atom. The number of halogens is 1. The van der Waals surface area contributed by atoms with Crippen molar-refractivity contribution in [1.29, 1.82) is 0 Å². The molecule has 1 aliphatic rings. The molecule has 0 radical (unpaired) electrons. The minimum atomic E-state index is -4.12. The van der Waals surface area contributed by atoms with Crippen LogP contribution in [-0.4, -0.2) is 43.8 Å². The number of rotatable bonds is 12. The van der Waals surface area contributed by atoms with Gasteiger partial charge in [-0.3, -0.25) is 13.9 Å². The summed E-state index contributed by atoms with van der Waals surface area (Å²) in [5.41, 5.74) is 2.98. The lowest BCUT2D eigenvalue weighted by molar-refractivity contribution is -0.140. The molecular formula is C34H42ClN3O4S. The zero-order valence-corrected chi connectivity index (χ0v) is 26.8. The number of para-hydroxylation sites is 1. The fourth-order valence-corrected chi connectivity index (χ4v) is 7.23. The fourth-order valence-electron chi connectivity index (χ4n) is 5.65. The zero-order chi connectivity index (χ0) is 31.0. The standard InChI is InChI=1S/C34H42ClN3O4S/c1-4-27-11-9-10-14-32(27)38(43(41,42)30-21-15-25(3)16-22-30)24-33(39)37(23-26-17-19-28(35)20-18-26)31(5-2)34(40)36-29-12-7-6-8-13-29/h9-11,14-22,29,31H,4-8,12-13,23-24H2,1-3H3,(H,36,40)/t31-/m0/s1. The molecule has 43 heavy (non-hydrogen) atoms. The van der Waals surface area contributed by atoms with Crippen LogP contribution < -0.4 is 9.62 Å². The van der Waals surface area contributed by atoms with E-state index in [0.29, 0.717) is 23.6 Å². The van der Waals surface area contributed by atoms with E-state index >= 15 is 0 Å². The van der Waals surface area contributed by atoms with E-state index in [2.05, 4.69) is 5.32 Å². The summed E-state index contributed by atoms with van der Waals surface area (Å²) in [7, 11) is -4.12. The first-order chi connectivity index (χ1) is 20.6. The van der Waals surface area contributed by atoms with Crippen molar-refractivity contribution in [2.75, 3.05) is 10.8 Å². The molecule has 0 saturated heterocycles. The molecule has 1 atom stereocenters. The number of aryl methyl sites for hydroxylation is 2. The maximum atomic E-state index is 14.3. The molecular weight excluding hydrogens is 582 g/mol. The van der Waals surface area contributed by atoms with Crippen molar-refractivity contribution >= 4 is 39.1 Å². The second-order valence-electron chi connectivity index (χ2n) is 11.2. The number of nitrogens with one attached hydrogen (secondary N) is 1. The first-order valence-corrected chi connectivity index (χ1v) is 17.0. The van der Waals surface area contributed by atoms with Crippen LogP contribution >= 0.6 is 11.6 Å². The molecule has 230 valence electrons. The van der Waals surface area contributed by atoms with Crippen LogP contribution in [0.15, 0.2) is 77.7 Å². The topological polar surface area (TPSA) is 86.8 Å². The van der Waals surface area contributed by atoms with Crippen molar-refractivity contribution in [3.05, 3.63) is 94.5 Å². The van der Waals surface area contributed by atoms with Gasteiger partial charge in [-0.25, -0.2) is 8.42 Å². The third-order valence-corrected chi connectivity index (χ3v) is 10.2. The third kappa shape index (κ3) is 8.18. The van der Waals surface area contributed by atoms with Crippen molar-refractivity contribution in [1.82, 2.24) is 10.2 Å². The summed E-state index contributed by atoms with van der Waals surface area (Å²) in [6.07, 6.45) is 6.10. The molecule has 7 nitrogen and oxygen atoms in total. The third-order valence-electron chi connectivity index (χ3n) is 8.13. The lowest BCUT2D eigenvalue weighted by atomic mass is 9.95. The highest BCUT2D eigenvalue weighted by Gasteiger charge is 2.35. The number of amides is 2. The number of hydrogen-bond donors (Lipinski definition) is 1. The summed E-state index contributed by atoms with van der Waals surface area (Å²) in [5, 5.41) is 3.74. The average Bonchev–Trinajstić information content (AvgIpc) is 3.01. The highest BCUT2D eigenvalue weighted by Crippen LogP contribution is 2.29. The van der Waals surface area contributed by atoms with Crippen molar-refractivity contribution in [2.45, 2.75) is 89.2 Å². The molecule has 9 heteroatoms. The number of carbonyl (C=O) groups is 2. The Balaban J connectivity index is 1.73. The lowest BCUT2D eigenvalue weighted by Crippen LogP contribution is -2.54. The van der Waals surface area contributed by atoms with Gasteiger partial charge in [0.15, 0.2) is 0 Å². The number of nitrogens with zero attached hydrogens (tertiary/aromatic N) is 2. The van der Waals surface area contributed by atoms with Crippen LogP contribution in [0, 0.1) is 6.92 Å². The number of benzene rings is 3. The Hall–Kier alpha value is -3.36. The van der Waals surface area contributed by atoms with Crippen molar-refractivity contribution in [2.24, 2.45) is 0 Å². The molecule has 3 aromatic rings. The van der Waals surface area contributed by atoms with E-state index in [1.165, 1.54) is 9.21 Å². The minimum Gasteiger partial charge on any atom is -0.352 e. The Kier molecular flexibility index (Phi) is 11.3. The Morgan fingerprint density at radius 3 is 2.21 bits per heavy atom. The van der Waals surface area contributed by atoms with Crippen LogP contribution in [0.2, 0.25) is 5.02 Å². The minimum absolute atomic E-state index is 0.0811. The predicted octanol–water partition coefficient (Wildman–Crippen LogP) is 6.66. The molecule has 0 aliphatic heterocycles. The number of anilines is 1. The van der Waals surface area contributed by atoms with Gasteiger partial charge in [0.25, 0.3) is 10.0 Å². The second kappa shape index (κ2) is 14.9. The van der Waals surface area contributed by atoms with Crippen LogP contribution in [-0.2, 0) is 32.6 Å². The molecule has 0 bridgehead atoms. The Bertz CT molecular complexity index is 1490. The van der Waals surface area contributed by atoms with Gasteiger partial charge in [0.2, 0.25) is 11.8 Å². The predicted molar refractivity (Wildman–Crippen MR) is 173 cm³/mol. The highest BCUT2D eigenvalue weighted by molar-refractivity contribution is 7.92. The van der Waals surface area contributed by atoms with Crippen LogP contribution in [0.5, 0.6) is 0 Å². The summed E-state index contributed by atoms with van der Waals surface area (Å²) in [5.74, 6) is -0.666. The zero-order valence-electron chi connectivity index (χ0n) is 25.3. The summed E-state index contributed by atoms with van der Waals surface area (Å²) >= 11 is 6.12. The fraction of sp³-hybridized carbons (Fsp3) is 0.412. The molecule has 0 aromatic heterocycles. The average molecular weight is 624 g/mol. The Morgan fingerprint density at radius 1 is 0.930 bits per heavy atom. The van der Waals surface area contributed by atoms with Crippen molar-refractivity contribution in [3.63, 3.8) is 0 Å². The number of carbonyl (C=O) groups excluding carboxylic acids is 2. The van der Waals surface area contributed by atoms with Crippen LogP contribution in [0.3, 0.4) is 0 Å². The van der Waals surface area contributed by atoms with E-state index in [1.54, 1.807) is 48.5 Å². The monoisotopic (exact) mass is 623 g/mol. The molecule has 4 rings (SSSR count). The molecule has 1 saturated carbocycles. The molecule has 0 unspecified atom stereocenters. The molecule has 3 aromatic carbocycles. The molecule has 1 N–H and O–H groups in total. The van der Waals surface area contributed by atoms with Crippen LogP contribution in [0.25, 0.3) is 0 Å². The largest absolute Gasteiger partial charge is 0.352 e.